The van der Waals surface area contributed by atoms with E-state index in [4.69, 9.17) is 4.74 Å². The summed E-state index contributed by atoms with van der Waals surface area (Å²) >= 11 is 0. The number of carbonyl (C=O) groups excluding carboxylic acids is 1. The lowest BCUT2D eigenvalue weighted by atomic mass is 9.86. The van der Waals surface area contributed by atoms with Crippen LogP contribution in [0.1, 0.15) is 54.0 Å². The van der Waals surface area contributed by atoms with Crippen LogP contribution in [-0.2, 0) is 9.53 Å². The highest BCUT2D eigenvalue weighted by atomic mass is 16.5. The van der Waals surface area contributed by atoms with Gasteiger partial charge in [0.05, 0.1) is 13.0 Å². The summed E-state index contributed by atoms with van der Waals surface area (Å²) < 4.78 is 5.03. The largest absolute Gasteiger partial charge is 0.466 e. The summed E-state index contributed by atoms with van der Waals surface area (Å²) in [4.78, 5) is 11.6. The molecule has 0 spiro atoms. The average Bonchev–Trinajstić information content (AvgIpc) is 2.26. The highest BCUT2D eigenvalue weighted by Gasteiger charge is 2.17. The number of carbonyl (C=O) groups is 1. The Morgan fingerprint density at radius 3 is 2.33 bits per heavy atom. The monoisotopic (exact) mass is 248 g/mol. The van der Waals surface area contributed by atoms with Crippen molar-refractivity contribution < 1.29 is 9.53 Å². The Kier molecular flexibility index (Phi) is 4.94. The van der Waals surface area contributed by atoms with Gasteiger partial charge in [0.15, 0.2) is 0 Å². The summed E-state index contributed by atoms with van der Waals surface area (Å²) in [5.41, 5.74) is 6.52. The smallest absolute Gasteiger partial charge is 0.306 e. The van der Waals surface area contributed by atoms with Gasteiger partial charge in [-0.3, -0.25) is 4.79 Å². The number of esters is 1. The van der Waals surface area contributed by atoms with Crippen molar-refractivity contribution in [2.45, 2.75) is 53.9 Å². The minimum absolute atomic E-state index is 0.109. The molecule has 18 heavy (non-hydrogen) atoms. The van der Waals surface area contributed by atoms with Crippen LogP contribution >= 0.6 is 0 Å². The molecular formula is C16H24O2. The topological polar surface area (TPSA) is 26.3 Å². The molecule has 0 saturated carbocycles. The lowest BCUT2D eigenvalue weighted by molar-refractivity contribution is -0.143. The molecule has 0 N–H and O–H groups in total. The predicted octanol–water partition coefficient (Wildman–Crippen LogP) is 3.98. The van der Waals surface area contributed by atoms with E-state index in [0.29, 0.717) is 13.0 Å². The van der Waals surface area contributed by atoms with Crippen molar-refractivity contribution in [1.82, 2.24) is 0 Å². The van der Waals surface area contributed by atoms with Crippen molar-refractivity contribution in [3.8, 4) is 0 Å². The van der Waals surface area contributed by atoms with E-state index >= 15 is 0 Å². The number of benzene rings is 1. The average molecular weight is 248 g/mol. The van der Waals surface area contributed by atoms with Crippen LogP contribution in [-0.4, -0.2) is 12.6 Å². The molecule has 0 aliphatic heterocycles. The summed E-state index contributed by atoms with van der Waals surface area (Å²) in [5, 5.41) is 0. The fourth-order valence-corrected chi connectivity index (χ4v) is 2.63. The minimum atomic E-state index is -0.109. The first kappa shape index (κ1) is 14.7. The Hall–Kier alpha value is -1.31. The van der Waals surface area contributed by atoms with Gasteiger partial charge in [0.2, 0.25) is 0 Å². The van der Waals surface area contributed by atoms with Gasteiger partial charge in [-0.15, -0.1) is 0 Å². The van der Waals surface area contributed by atoms with E-state index in [1.165, 1.54) is 27.8 Å². The fourth-order valence-electron chi connectivity index (χ4n) is 2.63. The molecule has 0 fully saturated rings. The molecule has 0 amide bonds. The van der Waals surface area contributed by atoms with Crippen molar-refractivity contribution in [3.05, 3.63) is 33.9 Å². The van der Waals surface area contributed by atoms with Crippen LogP contribution in [0, 0.1) is 27.7 Å². The summed E-state index contributed by atoms with van der Waals surface area (Å²) in [5.74, 6) is 0.102. The highest BCUT2D eigenvalue weighted by Crippen LogP contribution is 2.30. The van der Waals surface area contributed by atoms with E-state index in [1.54, 1.807) is 0 Å². The third kappa shape index (κ3) is 3.12. The van der Waals surface area contributed by atoms with Crippen LogP contribution in [0.3, 0.4) is 0 Å². The van der Waals surface area contributed by atoms with Crippen LogP contribution in [0.4, 0.5) is 0 Å². The zero-order chi connectivity index (χ0) is 13.9. The first-order valence-electron chi connectivity index (χ1n) is 6.61. The molecular weight excluding hydrogens is 224 g/mol. The van der Waals surface area contributed by atoms with Gasteiger partial charge in [0.25, 0.3) is 0 Å². The Balaban J connectivity index is 3.02. The fraction of sp³-hybridized carbons (Fsp3) is 0.562. The van der Waals surface area contributed by atoms with Gasteiger partial charge in [0.1, 0.15) is 0 Å². The molecule has 1 aromatic rings. The van der Waals surface area contributed by atoms with Gasteiger partial charge in [0, 0.05) is 0 Å². The Morgan fingerprint density at radius 1 is 1.17 bits per heavy atom. The Bertz CT molecular complexity index is 447. The molecule has 1 aromatic carbocycles. The predicted molar refractivity (Wildman–Crippen MR) is 75.1 cm³/mol. The van der Waals surface area contributed by atoms with Crippen LogP contribution in [0.25, 0.3) is 0 Å². The molecule has 0 aromatic heterocycles. The number of aryl methyl sites for hydroxylation is 2. The zero-order valence-corrected chi connectivity index (χ0v) is 12.4. The van der Waals surface area contributed by atoms with Crippen molar-refractivity contribution in [1.29, 1.82) is 0 Å². The number of ether oxygens (including phenoxy) is 1. The van der Waals surface area contributed by atoms with E-state index in [2.05, 4.69) is 40.7 Å². The summed E-state index contributed by atoms with van der Waals surface area (Å²) in [6.45, 7) is 12.9. The van der Waals surface area contributed by atoms with Crippen molar-refractivity contribution in [2.24, 2.45) is 0 Å². The summed E-state index contributed by atoms with van der Waals surface area (Å²) in [6.07, 6.45) is 0.456. The maximum atomic E-state index is 11.6. The van der Waals surface area contributed by atoms with Gasteiger partial charge < -0.3 is 4.74 Å². The Morgan fingerprint density at radius 2 is 1.78 bits per heavy atom. The second kappa shape index (κ2) is 6.03. The Labute approximate surface area is 110 Å². The lowest BCUT2D eigenvalue weighted by Gasteiger charge is -2.20. The molecule has 0 heterocycles. The van der Waals surface area contributed by atoms with Gasteiger partial charge in [-0.1, -0.05) is 13.0 Å². The molecule has 100 valence electrons. The van der Waals surface area contributed by atoms with Crippen molar-refractivity contribution in [2.75, 3.05) is 6.61 Å². The molecule has 0 aliphatic rings. The lowest BCUT2D eigenvalue weighted by Crippen LogP contribution is -2.11. The van der Waals surface area contributed by atoms with Crippen LogP contribution in [0.15, 0.2) is 6.07 Å². The van der Waals surface area contributed by atoms with E-state index in [9.17, 15) is 4.79 Å². The number of rotatable bonds is 4. The van der Waals surface area contributed by atoms with E-state index in [-0.39, 0.29) is 11.9 Å². The quantitative estimate of drug-likeness (QED) is 0.753. The highest BCUT2D eigenvalue weighted by molar-refractivity contribution is 5.70. The first-order valence-corrected chi connectivity index (χ1v) is 6.61. The summed E-state index contributed by atoms with van der Waals surface area (Å²) in [7, 11) is 0. The van der Waals surface area contributed by atoms with Gasteiger partial charge in [-0.05, 0) is 68.4 Å². The molecule has 2 nitrogen and oxygen atoms in total. The molecule has 0 bridgehead atoms. The maximum Gasteiger partial charge on any atom is 0.306 e. The molecule has 1 unspecified atom stereocenters. The second-order valence-electron chi connectivity index (χ2n) is 5.08. The third-order valence-corrected chi connectivity index (χ3v) is 3.69. The van der Waals surface area contributed by atoms with Crippen LogP contribution in [0.2, 0.25) is 0 Å². The molecule has 0 radical (unpaired) electrons. The summed E-state index contributed by atoms with van der Waals surface area (Å²) in [6, 6.07) is 2.21. The standard InChI is InChI=1S/C16H24O2/c1-7-18-15(17)9-12(4)16-11(3)8-10(2)13(5)14(16)6/h8,12H,7,9H2,1-6H3. The normalized spacial score (nSPS) is 12.3. The van der Waals surface area contributed by atoms with Gasteiger partial charge in [-0.25, -0.2) is 0 Å². The molecule has 0 aliphatic carbocycles. The third-order valence-electron chi connectivity index (χ3n) is 3.69. The maximum absolute atomic E-state index is 11.6. The SMILES string of the molecule is CCOC(=O)CC(C)c1c(C)cc(C)c(C)c1C. The minimum Gasteiger partial charge on any atom is -0.466 e. The zero-order valence-electron chi connectivity index (χ0n) is 12.4. The molecule has 1 rings (SSSR count). The van der Waals surface area contributed by atoms with Gasteiger partial charge in [-0.2, -0.15) is 0 Å². The second-order valence-corrected chi connectivity index (χ2v) is 5.08. The van der Waals surface area contributed by atoms with Crippen LogP contribution in [0.5, 0.6) is 0 Å². The van der Waals surface area contributed by atoms with E-state index in [0.717, 1.165) is 0 Å². The van der Waals surface area contributed by atoms with E-state index < -0.39 is 0 Å². The van der Waals surface area contributed by atoms with Gasteiger partial charge >= 0.3 is 5.97 Å². The molecule has 0 saturated heterocycles. The first-order chi connectivity index (χ1) is 8.38. The van der Waals surface area contributed by atoms with E-state index in [1.807, 2.05) is 6.92 Å². The van der Waals surface area contributed by atoms with Crippen LogP contribution < -0.4 is 0 Å². The number of hydrogen-bond donors (Lipinski definition) is 0. The molecule has 2 heteroatoms. The molecule has 1 atom stereocenters. The van der Waals surface area contributed by atoms with Crippen molar-refractivity contribution >= 4 is 5.97 Å². The van der Waals surface area contributed by atoms with Crippen molar-refractivity contribution in [3.63, 3.8) is 0 Å². The number of hydrogen-bond acceptors (Lipinski definition) is 2.